The molecule has 1 heterocycles. The third-order valence-corrected chi connectivity index (χ3v) is 3.04. The lowest BCUT2D eigenvalue weighted by Gasteiger charge is -2.21. The predicted molar refractivity (Wildman–Crippen MR) is 76.5 cm³/mol. The van der Waals surface area contributed by atoms with Gasteiger partial charge in [-0.05, 0) is 19.7 Å². The highest BCUT2D eigenvalue weighted by molar-refractivity contribution is 5.81. The Morgan fingerprint density at radius 2 is 2.16 bits per heavy atom. The second kappa shape index (κ2) is 6.33. The molecule has 0 aliphatic carbocycles. The Balaban J connectivity index is 1.98. The topological polar surface area (TPSA) is 47.9 Å². The minimum atomic E-state index is -0.104. The third kappa shape index (κ3) is 3.79. The Bertz CT molecular complexity index is 444. The molecular formula is C14H20N4O. The molecule has 0 bridgehead atoms. The molecule has 1 aromatic rings. The molecule has 0 radical (unpaired) electrons. The lowest BCUT2D eigenvalue weighted by molar-refractivity contribution is 0.198. The van der Waals surface area contributed by atoms with E-state index in [0.717, 1.165) is 12.1 Å². The molecule has 0 spiro atoms. The average Bonchev–Trinajstić information content (AvgIpc) is 2.76. The molecule has 5 heteroatoms. The normalized spacial score (nSPS) is 19.4. The van der Waals surface area contributed by atoms with Gasteiger partial charge in [-0.1, -0.05) is 30.3 Å². The van der Waals surface area contributed by atoms with Crippen LogP contribution in [-0.2, 0) is 0 Å². The number of carbonyl (C=O) groups excluding carboxylic acids is 1. The van der Waals surface area contributed by atoms with Gasteiger partial charge in [0.1, 0.15) is 6.17 Å². The molecule has 1 unspecified atom stereocenters. The highest BCUT2D eigenvalue weighted by Gasteiger charge is 2.29. The highest BCUT2D eigenvalue weighted by Crippen LogP contribution is 2.08. The molecule has 1 saturated heterocycles. The van der Waals surface area contributed by atoms with Crippen LogP contribution in [0.1, 0.15) is 5.56 Å². The van der Waals surface area contributed by atoms with E-state index in [0.29, 0.717) is 13.1 Å². The molecule has 0 aromatic heterocycles. The van der Waals surface area contributed by atoms with Crippen molar-refractivity contribution in [2.45, 2.75) is 6.17 Å². The van der Waals surface area contributed by atoms with Gasteiger partial charge in [-0.25, -0.2) is 4.79 Å². The fourth-order valence-electron chi connectivity index (χ4n) is 1.93. The summed E-state index contributed by atoms with van der Waals surface area (Å²) in [5.74, 6) is 0. The maximum absolute atomic E-state index is 11.7. The first-order chi connectivity index (χ1) is 9.16. The van der Waals surface area contributed by atoms with Crippen LogP contribution in [0.2, 0.25) is 0 Å². The summed E-state index contributed by atoms with van der Waals surface area (Å²) in [6.45, 7) is 2.11. The minimum absolute atomic E-state index is 0.0305. The lowest BCUT2D eigenvalue weighted by Crippen LogP contribution is -2.38. The Hall–Kier alpha value is -1.88. The van der Waals surface area contributed by atoms with E-state index in [1.165, 1.54) is 0 Å². The van der Waals surface area contributed by atoms with Crippen molar-refractivity contribution < 1.29 is 4.79 Å². The second-order valence-electron chi connectivity index (χ2n) is 4.85. The Labute approximate surface area is 113 Å². The maximum atomic E-state index is 11.7. The molecule has 1 N–H and O–H groups in total. The van der Waals surface area contributed by atoms with E-state index in [4.69, 9.17) is 0 Å². The number of hydrogen-bond acceptors (Lipinski definition) is 3. The zero-order valence-corrected chi connectivity index (χ0v) is 11.4. The number of nitrogens with one attached hydrogen (secondary N) is 1. The number of urea groups is 1. The van der Waals surface area contributed by atoms with E-state index in [-0.39, 0.29) is 12.2 Å². The van der Waals surface area contributed by atoms with Crippen LogP contribution >= 0.6 is 0 Å². The van der Waals surface area contributed by atoms with Gasteiger partial charge in [-0.15, -0.1) is 0 Å². The SMILES string of the molecule is CN(C)CCN1C(=O)NCC1N=Cc1ccccc1. The van der Waals surface area contributed by atoms with E-state index in [9.17, 15) is 4.79 Å². The average molecular weight is 260 g/mol. The summed E-state index contributed by atoms with van der Waals surface area (Å²) < 4.78 is 0. The Morgan fingerprint density at radius 3 is 2.84 bits per heavy atom. The number of aliphatic imine (C=N–C) groups is 1. The van der Waals surface area contributed by atoms with Gasteiger partial charge in [-0.2, -0.15) is 0 Å². The van der Waals surface area contributed by atoms with Gasteiger partial charge in [-0.3, -0.25) is 9.89 Å². The van der Waals surface area contributed by atoms with E-state index in [1.54, 1.807) is 4.90 Å². The van der Waals surface area contributed by atoms with Gasteiger partial charge in [0.2, 0.25) is 0 Å². The number of amides is 2. The largest absolute Gasteiger partial charge is 0.334 e. The summed E-state index contributed by atoms with van der Waals surface area (Å²) in [6.07, 6.45) is 1.72. The summed E-state index contributed by atoms with van der Waals surface area (Å²) in [5, 5.41) is 2.83. The zero-order valence-electron chi connectivity index (χ0n) is 11.4. The van der Waals surface area contributed by atoms with Gasteiger partial charge >= 0.3 is 6.03 Å². The van der Waals surface area contributed by atoms with Crippen LogP contribution in [0.4, 0.5) is 4.79 Å². The van der Waals surface area contributed by atoms with Gasteiger partial charge in [0, 0.05) is 19.3 Å². The van der Waals surface area contributed by atoms with Crippen LogP contribution in [-0.4, -0.2) is 61.9 Å². The van der Waals surface area contributed by atoms with Crippen LogP contribution < -0.4 is 5.32 Å². The van der Waals surface area contributed by atoms with Gasteiger partial charge in [0.15, 0.2) is 0 Å². The van der Waals surface area contributed by atoms with E-state index in [2.05, 4.69) is 15.2 Å². The number of nitrogens with zero attached hydrogens (tertiary/aromatic N) is 3. The van der Waals surface area contributed by atoms with Crippen LogP contribution in [0.5, 0.6) is 0 Å². The predicted octanol–water partition coefficient (Wildman–Crippen LogP) is 1.02. The quantitative estimate of drug-likeness (QED) is 0.804. The van der Waals surface area contributed by atoms with E-state index >= 15 is 0 Å². The molecule has 5 nitrogen and oxygen atoms in total. The molecule has 19 heavy (non-hydrogen) atoms. The maximum Gasteiger partial charge on any atom is 0.319 e. The summed E-state index contributed by atoms with van der Waals surface area (Å²) in [6, 6.07) is 9.89. The standard InChI is InChI=1S/C14H20N4O/c1-17(2)8-9-18-13(11-16-14(18)19)15-10-12-6-4-3-5-7-12/h3-7,10,13H,8-9,11H2,1-2H3,(H,16,19). The van der Waals surface area contributed by atoms with Crippen molar-refractivity contribution in [2.24, 2.45) is 4.99 Å². The van der Waals surface area contributed by atoms with Gasteiger partial charge < -0.3 is 10.2 Å². The van der Waals surface area contributed by atoms with Crippen LogP contribution in [0, 0.1) is 0 Å². The van der Waals surface area contributed by atoms with Crippen LogP contribution in [0.15, 0.2) is 35.3 Å². The van der Waals surface area contributed by atoms with Gasteiger partial charge in [0.05, 0.1) is 6.54 Å². The van der Waals surface area contributed by atoms with Crippen molar-refractivity contribution >= 4 is 12.2 Å². The Kier molecular flexibility index (Phi) is 4.52. The van der Waals surface area contributed by atoms with Crippen LogP contribution in [0.3, 0.4) is 0 Å². The smallest absolute Gasteiger partial charge is 0.319 e. The number of rotatable bonds is 5. The lowest BCUT2D eigenvalue weighted by atomic mass is 10.2. The van der Waals surface area contributed by atoms with E-state index < -0.39 is 0 Å². The molecule has 2 rings (SSSR count). The molecule has 102 valence electrons. The summed E-state index contributed by atoms with van der Waals surface area (Å²) in [5.41, 5.74) is 1.05. The Morgan fingerprint density at radius 1 is 1.42 bits per heavy atom. The molecular weight excluding hydrogens is 240 g/mol. The van der Waals surface area contributed by atoms with Crippen molar-refractivity contribution in [3.05, 3.63) is 35.9 Å². The molecule has 1 aliphatic heterocycles. The third-order valence-electron chi connectivity index (χ3n) is 3.04. The van der Waals surface area contributed by atoms with Crippen molar-refractivity contribution in [1.29, 1.82) is 0 Å². The first-order valence-electron chi connectivity index (χ1n) is 6.44. The number of carbonyl (C=O) groups is 1. The molecule has 1 aromatic carbocycles. The molecule has 1 aliphatic rings. The summed E-state index contributed by atoms with van der Waals surface area (Å²) in [4.78, 5) is 20.1. The number of hydrogen-bond donors (Lipinski definition) is 1. The first kappa shape index (κ1) is 13.5. The molecule has 2 amide bonds. The molecule has 0 saturated carbocycles. The van der Waals surface area contributed by atoms with Crippen molar-refractivity contribution in [2.75, 3.05) is 33.7 Å². The fraction of sp³-hybridized carbons (Fsp3) is 0.429. The van der Waals surface area contributed by atoms with Crippen molar-refractivity contribution in [1.82, 2.24) is 15.1 Å². The highest BCUT2D eigenvalue weighted by atomic mass is 16.2. The van der Waals surface area contributed by atoms with E-state index in [1.807, 2.05) is 50.6 Å². The zero-order chi connectivity index (χ0) is 13.7. The fourth-order valence-corrected chi connectivity index (χ4v) is 1.93. The molecule has 1 fully saturated rings. The summed E-state index contributed by atoms with van der Waals surface area (Å²) >= 11 is 0. The summed E-state index contributed by atoms with van der Waals surface area (Å²) in [7, 11) is 3.99. The minimum Gasteiger partial charge on any atom is -0.334 e. The van der Waals surface area contributed by atoms with Crippen LogP contribution in [0.25, 0.3) is 0 Å². The van der Waals surface area contributed by atoms with Gasteiger partial charge in [0.25, 0.3) is 0 Å². The van der Waals surface area contributed by atoms with Crippen molar-refractivity contribution in [3.63, 3.8) is 0 Å². The first-order valence-corrected chi connectivity index (χ1v) is 6.44. The number of likely N-dealkylation sites (N-methyl/N-ethyl adjacent to an activating group) is 1. The monoisotopic (exact) mass is 260 g/mol. The molecule has 1 atom stereocenters. The number of benzene rings is 1. The second-order valence-corrected chi connectivity index (χ2v) is 4.85. The van der Waals surface area contributed by atoms with Crippen molar-refractivity contribution in [3.8, 4) is 0 Å².